The van der Waals surface area contributed by atoms with Crippen LogP contribution in [0.2, 0.25) is 0 Å². The van der Waals surface area contributed by atoms with E-state index in [1.54, 1.807) is 11.8 Å². The first-order valence-corrected chi connectivity index (χ1v) is 6.61. The van der Waals surface area contributed by atoms with Crippen LogP contribution in [0.15, 0.2) is 0 Å². The van der Waals surface area contributed by atoms with Gasteiger partial charge in [0, 0.05) is 0 Å². The van der Waals surface area contributed by atoms with E-state index in [1.807, 2.05) is 13.8 Å². The summed E-state index contributed by atoms with van der Waals surface area (Å²) in [6.45, 7) is 4.29. The van der Waals surface area contributed by atoms with Crippen molar-refractivity contribution < 1.29 is 13.9 Å². The second-order valence-corrected chi connectivity index (χ2v) is 4.98. The Kier molecular flexibility index (Phi) is 10.1. The molecule has 0 rings (SSSR count). The molecule has 0 fully saturated rings. The lowest BCUT2D eigenvalue weighted by molar-refractivity contribution is -0.141. The Morgan fingerprint density at radius 1 is 1.33 bits per heavy atom. The second-order valence-electron chi connectivity index (χ2n) is 3.88. The van der Waals surface area contributed by atoms with Crippen LogP contribution in [0.1, 0.15) is 33.1 Å². The van der Waals surface area contributed by atoms with Crippen LogP contribution < -0.4 is 0 Å². The van der Waals surface area contributed by atoms with Gasteiger partial charge in [-0.15, -0.1) is 0 Å². The van der Waals surface area contributed by atoms with Crippen molar-refractivity contribution in [3.63, 3.8) is 0 Å². The smallest absolute Gasteiger partial charge is 0.315 e. The van der Waals surface area contributed by atoms with Crippen LogP contribution in [0.5, 0.6) is 0 Å². The minimum atomic E-state index is -0.235. The van der Waals surface area contributed by atoms with Crippen LogP contribution >= 0.6 is 11.8 Å². The van der Waals surface area contributed by atoms with E-state index in [2.05, 4.69) is 0 Å². The van der Waals surface area contributed by atoms with Gasteiger partial charge in [0.2, 0.25) is 0 Å². The van der Waals surface area contributed by atoms with Crippen molar-refractivity contribution in [3.8, 4) is 0 Å². The van der Waals surface area contributed by atoms with Crippen LogP contribution in [0.3, 0.4) is 0 Å². The Hall–Kier alpha value is -0.250. The summed E-state index contributed by atoms with van der Waals surface area (Å²) in [6, 6.07) is 0. The Bertz CT molecular complexity index is 163. The number of alkyl halides is 1. The van der Waals surface area contributed by atoms with Crippen LogP contribution in [-0.4, -0.2) is 30.8 Å². The molecule has 0 atom stereocenters. The number of esters is 1. The molecule has 0 saturated heterocycles. The van der Waals surface area contributed by atoms with E-state index in [9.17, 15) is 9.18 Å². The average molecular weight is 236 g/mol. The standard InChI is InChI=1S/C11H21FO2S/c1-10(2)8-14-11(13)9-15-7-5-3-4-6-12/h10H,3-9H2,1-2H3. The van der Waals surface area contributed by atoms with Gasteiger partial charge in [0.25, 0.3) is 0 Å². The lowest BCUT2D eigenvalue weighted by atomic mass is 10.2. The van der Waals surface area contributed by atoms with Gasteiger partial charge in [0.1, 0.15) is 0 Å². The summed E-state index contributed by atoms with van der Waals surface area (Å²) in [7, 11) is 0. The van der Waals surface area contributed by atoms with Crippen molar-refractivity contribution in [2.45, 2.75) is 33.1 Å². The number of thioether (sulfide) groups is 1. The first kappa shape index (κ1) is 14.8. The van der Waals surface area contributed by atoms with Gasteiger partial charge in [0.05, 0.1) is 19.0 Å². The molecule has 0 amide bonds. The molecule has 0 aromatic rings. The summed E-state index contributed by atoms with van der Waals surface area (Å²) in [5.41, 5.74) is 0. The molecule has 0 aromatic carbocycles. The second kappa shape index (κ2) is 10.3. The van der Waals surface area contributed by atoms with E-state index in [0.717, 1.165) is 18.6 Å². The van der Waals surface area contributed by atoms with Gasteiger partial charge in [-0.1, -0.05) is 20.3 Å². The van der Waals surface area contributed by atoms with Gasteiger partial charge in [-0.2, -0.15) is 11.8 Å². The maximum atomic E-state index is 11.7. The first-order valence-electron chi connectivity index (χ1n) is 5.46. The summed E-state index contributed by atoms with van der Waals surface area (Å²) in [6.07, 6.45) is 2.52. The molecule has 0 radical (unpaired) electrons. The molecule has 0 aliphatic rings. The van der Waals surface area contributed by atoms with Crippen molar-refractivity contribution in [1.82, 2.24) is 0 Å². The van der Waals surface area contributed by atoms with Crippen molar-refractivity contribution in [1.29, 1.82) is 0 Å². The lowest BCUT2D eigenvalue weighted by Crippen LogP contribution is -2.12. The quantitative estimate of drug-likeness (QED) is 0.454. The van der Waals surface area contributed by atoms with E-state index in [0.29, 0.717) is 24.7 Å². The predicted molar refractivity (Wildman–Crippen MR) is 62.9 cm³/mol. The van der Waals surface area contributed by atoms with Gasteiger partial charge in [-0.05, 0) is 24.5 Å². The molecular weight excluding hydrogens is 215 g/mol. The molecule has 0 N–H and O–H groups in total. The number of ether oxygens (including phenoxy) is 1. The molecule has 0 aliphatic carbocycles. The third-order valence-electron chi connectivity index (χ3n) is 1.72. The number of carbonyl (C=O) groups is 1. The van der Waals surface area contributed by atoms with E-state index in [4.69, 9.17) is 4.74 Å². The Morgan fingerprint density at radius 3 is 2.67 bits per heavy atom. The number of unbranched alkanes of at least 4 members (excludes halogenated alkanes) is 2. The fourth-order valence-electron chi connectivity index (χ4n) is 0.932. The van der Waals surface area contributed by atoms with E-state index < -0.39 is 0 Å². The van der Waals surface area contributed by atoms with Crippen molar-refractivity contribution in [2.75, 3.05) is 24.8 Å². The number of rotatable bonds is 9. The van der Waals surface area contributed by atoms with Gasteiger partial charge in [-0.3, -0.25) is 9.18 Å². The SMILES string of the molecule is CC(C)COC(=O)CSCCCCCF. The normalized spacial score (nSPS) is 10.7. The lowest BCUT2D eigenvalue weighted by Gasteiger charge is -2.06. The minimum Gasteiger partial charge on any atom is -0.465 e. The fraction of sp³-hybridized carbons (Fsp3) is 0.909. The highest BCUT2D eigenvalue weighted by Crippen LogP contribution is 2.07. The highest BCUT2D eigenvalue weighted by molar-refractivity contribution is 7.99. The van der Waals surface area contributed by atoms with Crippen molar-refractivity contribution in [3.05, 3.63) is 0 Å². The maximum absolute atomic E-state index is 11.7. The molecule has 0 spiro atoms. The highest BCUT2D eigenvalue weighted by atomic mass is 32.2. The molecular formula is C11H21FO2S. The number of halogens is 1. The monoisotopic (exact) mass is 236 g/mol. The number of hydrogen-bond acceptors (Lipinski definition) is 3. The zero-order valence-electron chi connectivity index (χ0n) is 9.63. The summed E-state index contributed by atoms with van der Waals surface area (Å²) in [5.74, 6) is 1.58. The molecule has 0 saturated carbocycles. The first-order chi connectivity index (χ1) is 7.16. The highest BCUT2D eigenvalue weighted by Gasteiger charge is 2.03. The van der Waals surface area contributed by atoms with Gasteiger partial charge in [-0.25, -0.2) is 0 Å². The molecule has 2 nitrogen and oxygen atoms in total. The van der Waals surface area contributed by atoms with Gasteiger partial charge < -0.3 is 4.74 Å². The van der Waals surface area contributed by atoms with Gasteiger partial charge in [0.15, 0.2) is 0 Å². The largest absolute Gasteiger partial charge is 0.465 e. The summed E-state index contributed by atoms with van der Waals surface area (Å²) >= 11 is 1.57. The summed E-state index contributed by atoms with van der Waals surface area (Å²) in [4.78, 5) is 11.1. The Morgan fingerprint density at radius 2 is 2.07 bits per heavy atom. The Balaban J connectivity index is 3.17. The molecule has 4 heteroatoms. The average Bonchev–Trinajstić information content (AvgIpc) is 2.20. The zero-order valence-corrected chi connectivity index (χ0v) is 10.4. The Labute approximate surface area is 96.0 Å². The number of carbonyl (C=O) groups excluding carboxylic acids is 1. The molecule has 15 heavy (non-hydrogen) atoms. The van der Waals surface area contributed by atoms with E-state index in [1.165, 1.54) is 0 Å². The van der Waals surface area contributed by atoms with E-state index in [-0.39, 0.29) is 12.6 Å². The summed E-state index contributed by atoms with van der Waals surface area (Å²) in [5, 5.41) is 0. The number of hydrogen-bond donors (Lipinski definition) is 0. The van der Waals surface area contributed by atoms with Crippen molar-refractivity contribution >= 4 is 17.7 Å². The topological polar surface area (TPSA) is 26.3 Å². The molecule has 90 valence electrons. The molecule has 0 aliphatic heterocycles. The molecule has 0 heterocycles. The van der Waals surface area contributed by atoms with Crippen molar-refractivity contribution in [2.24, 2.45) is 5.92 Å². The molecule has 0 aromatic heterocycles. The third-order valence-corrected chi connectivity index (χ3v) is 2.74. The summed E-state index contributed by atoms with van der Waals surface area (Å²) < 4.78 is 16.7. The van der Waals surface area contributed by atoms with E-state index >= 15 is 0 Å². The zero-order chi connectivity index (χ0) is 11.5. The molecule has 0 bridgehead atoms. The predicted octanol–water partition coefficient (Wildman–Crippen LogP) is 3.06. The van der Waals surface area contributed by atoms with Crippen LogP contribution in [-0.2, 0) is 9.53 Å². The van der Waals surface area contributed by atoms with Crippen LogP contribution in [0.25, 0.3) is 0 Å². The minimum absolute atomic E-state index is 0.140. The maximum Gasteiger partial charge on any atom is 0.315 e. The van der Waals surface area contributed by atoms with Crippen LogP contribution in [0, 0.1) is 5.92 Å². The van der Waals surface area contributed by atoms with Gasteiger partial charge >= 0.3 is 5.97 Å². The molecule has 0 unspecified atom stereocenters. The van der Waals surface area contributed by atoms with Crippen LogP contribution in [0.4, 0.5) is 4.39 Å². The fourth-order valence-corrected chi connectivity index (χ4v) is 1.73. The third kappa shape index (κ3) is 11.7.